The van der Waals surface area contributed by atoms with Crippen molar-refractivity contribution in [3.8, 4) is 5.75 Å². The molecule has 4 nitrogen and oxygen atoms in total. The molecule has 2 heterocycles. The zero-order chi connectivity index (χ0) is 13.9. The summed E-state index contributed by atoms with van der Waals surface area (Å²) in [5, 5.41) is 0. The van der Waals surface area contributed by atoms with Crippen LogP contribution in [0.2, 0.25) is 0 Å². The van der Waals surface area contributed by atoms with Crippen molar-refractivity contribution in [3.63, 3.8) is 0 Å². The molecule has 0 fully saturated rings. The fourth-order valence-corrected chi connectivity index (χ4v) is 2.03. The van der Waals surface area contributed by atoms with Gasteiger partial charge in [-0.15, -0.1) is 0 Å². The number of fused-ring (bicyclic) bond motifs is 1. The summed E-state index contributed by atoms with van der Waals surface area (Å²) >= 11 is 0. The number of hydrogen-bond acceptors (Lipinski definition) is 4. The predicted molar refractivity (Wildman–Crippen MR) is 76.7 cm³/mol. The molecule has 0 aliphatic heterocycles. The van der Waals surface area contributed by atoms with Crippen LogP contribution in [0.15, 0.2) is 40.9 Å². The second kappa shape index (κ2) is 5.33. The molecule has 0 saturated carbocycles. The fraction of sp³-hybridized carbons (Fsp3) is 0.250. The van der Waals surface area contributed by atoms with Gasteiger partial charge in [-0.3, -0.25) is 0 Å². The van der Waals surface area contributed by atoms with Gasteiger partial charge in [0.1, 0.15) is 11.3 Å². The van der Waals surface area contributed by atoms with Crippen LogP contribution in [0.25, 0.3) is 11.2 Å². The molecule has 0 radical (unpaired) electrons. The maximum atomic E-state index is 5.71. The minimum Gasteiger partial charge on any atom is -0.484 e. The highest BCUT2D eigenvalue weighted by Crippen LogP contribution is 2.18. The third-order valence-corrected chi connectivity index (χ3v) is 3.10. The highest BCUT2D eigenvalue weighted by Gasteiger charge is 2.07. The van der Waals surface area contributed by atoms with E-state index in [1.54, 1.807) is 6.20 Å². The Bertz CT molecular complexity index is 734. The Morgan fingerprint density at radius 2 is 2.15 bits per heavy atom. The number of oxazole rings is 1. The zero-order valence-electron chi connectivity index (χ0n) is 11.6. The minimum absolute atomic E-state index is 0.308. The first kappa shape index (κ1) is 12.7. The van der Waals surface area contributed by atoms with Crippen molar-refractivity contribution in [2.75, 3.05) is 0 Å². The maximum absolute atomic E-state index is 5.71. The second-order valence-corrected chi connectivity index (χ2v) is 4.73. The van der Waals surface area contributed by atoms with E-state index in [9.17, 15) is 0 Å². The Balaban J connectivity index is 1.76. The van der Waals surface area contributed by atoms with E-state index in [4.69, 9.17) is 9.15 Å². The Labute approximate surface area is 117 Å². The normalized spacial score (nSPS) is 10.9. The molecule has 0 aliphatic rings. The van der Waals surface area contributed by atoms with E-state index in [-0.39, 0.29) is 0 Å². The van der Waals surface area contributed by atoms with Gasteiger partial charge in [0.05, 0.1) is 0 Å². The van der Waals surface area contributed by atoms with Crippen LogP contribution in [0.5, 0.6) is 5.75 Å². The van der Waals surface area contributed by atoms with Gasteiger partial charge in [-0.2, -0.15) is 0 Å². The summed E-state index contributed by atoms with van der Waals surface area (Å²) in [6.45, 7) is 4.41. The lowest BCUT2D eigenvalue weighted by molar-refractivity contribution is 0.266. The van der Waals surface area contributed by atoms with Crippen LogP contribution in [0, 0.1) is 6.92 Å². The lowest BCUT2D eigenvalue weighted by Gasteiger charge is -2.04. The molecule has 0 spiro atoms. The van der Waals surface area contributed by atoms with Gasteiger partial charge in [0.25, 0.3) is 0 Å². The van der Waals surface area contributed by atoms with Gasteiger partial charge in [-0.25, -0.2) is 9.97 Å². The quantitative estimate of drug-likeness (QED) is 0.724. The van der Waals surface area contributed by atoms with Gasteiger partial charge in [-0.1, -0.05) is 19.1 Å². The fourth-order valence-electron chi connectivity index (χ4n) is 2.03. The average molecular weight is 268 g/mol. The SMILES string of the molecule is CCc1cccc(OCc2nc3cc(C)cnc3o2)c1. The number of aromatic nitrogens is 2. The lowest BCUT2D eigenvalue weighted by Crippen LogP contribution is -1.95. The lowest BCUT2D eigenvalue weighted by atomic mass is 10.2. The molecule has 0 amide bonds. The molecule has 0 atom stereocenters. The molecule has 2 aromatic heterocycles. The first-order chi connectivity index (χ1) is 9.74. The maximum Gasteiger partial charge on any atom is 0.247 e. The average Bonchev–Trinajstić information content (AvgIpc) is 2.87. The summed E-state index contributed by atoms with van der Waals surface area (Å²) < 4.78 is 11.3. The molecular formula is C16H16N2O2. The van der Waals surface area contributed by atoms with Crippen molar-refractivity contribution in [1.82, 2.24) is 9.97 Å². The van der Waals surface area contributed by atoms with Crippen LogP contribution in [0.1, 0.15) is 23.9 Å². The van der Waals surface area contributed by atoms with Crippen LogP contribution in [-0.4, -0.2) is 9.97 Å². The highest BCUT2D eigenvalue weighted by atomic mass is 16.5. The van der Waals surface area contributed by atoms with Gasteiger partial charge >= 0.3 is 0 Å². The van der Waals surface area contributed by atoms with E-state index in [0.717, 1.165) is 23.3 Å². The van der Waals surface area contributed by atoms with Crippen molar-refractivity contribution >= 4 is 11.2 Å². The number of benzene rings is 1. The van der Waals surface area contributed by atoms with Crippen LogP contribution in [-0.2, 0) is 13.0 Å². The van der Waals surface area contributed by atoms with Gasteiger partial charge < -0.3 is 9.15 Å². The third-order valence-electron chi connectivity index (χ3n) is 3.10. The second-order valence-electron chi connectivity index (χ2n) is 4.73. The van der Waals surface area contributed by atoms with Gasteiger partial charge in [-0.05, 0) is 42.7 Å². The van der Waals surface area contributed by atoms with E-state index in [2.05, 4.69) is 23.0 Å². The van der Waals surface area contributed by atoms with E-state index in [1.165, 1.54) is 5.56 Å². The molecule has 0 N–H and O–H groups in total. The molecule has 3 aromatic rings. The summed E-state index contributed by atoms with van der Waals surface area (Å²) in [5.41, 5.74) is 3.63. The van der Waals surface area contributed by atoms with Crippen LogP contribution >= 0.6 is 0 Å². The smallest absolute Gasteiger partial charge is 0.247 e. The molecule has 0 aliphatic carbocycles. The molecule has 0 saturated heterocycles. The Morgan fingerprint density at radius 3 is 3.00 bits per heavy atom. The number of aryl methyl sites for hydroxylation is 2. The third kappa shape index (κ3) is 2.64. The zero-order valence-corrected chi connectivity index (χ0v) is 11.6. The van der Waals surface area contributed by atoms with Gasteiger partial charge in [0.2, 0.25) is 11.6 Å². The minimum atomic E-state index is 0.308. The summed E-state index contributed by atoms with van der Waals surface area (Å²) in [5.74, 6) is 1.37. The number of rotatable bonds is 4. The Morgan fingerprint density at radius 1 is 1.25 bits per heavy atom. The van der Waals surface area contributed by atoms with Crippen LogP contribution in [0.4, 0.5) is 0 Å². The first-order valence-corrected chi connectivity index (χ1v) is 6.68. The molecular weight excluding hydrogens is 252 g/mol. The van der Waals surface area contributed by atoms with Crippen molar-refractivity contribution in [2.45, 2.75) is 26.9 Å². The number of pyridine rings is 1. The predicted octanol–water partition coefficient (Wildman–Crippen LogP) is 3.67. The molecule has 3 rings (SSSR count). The summed E-state index contributed by atoms with van der Waals surface area (Å²) in [6, 6.07) is 9.99. The van der Waals surface area contributed by atoms with Crippen molar-refractivity contribution < 1.29 is 9.15 Å². The largest absolute Gasteiger partial charge is 0.484 e. The van der Waals surface area contributed by atoms with Gasteiger partial charge in [0.15, 0.2) is 6.61 Å². The molecule has 0 unspecified atom stereocenters. The molecule has 20 heavy (non-hydrogen) atoms. The Kier molecular flexibility index (Phi) is 3.37. The number of ether oxygens (including phenoxy) is 1. The van der Waals surface area contributed by atoms with E-state index >= 15 is 0 Å². The van der Waals surface area contributed by atoms with E-state index in [0.29, 0.717) is 18.2 Å². The topological polar surface area (TPSA) is 48.2 Å². The standard InChI is InChI=1S/C16H16N2O2/c1-3-12-5-4-6-13(8-12)19-10-15-18-14-7-11(2)9-17-16(14)20-15/h4-9H,3,10H2,1-2H3. The molecule has 4 heteroatoms. The number of hydrogen-bond donors (Lipinski definition) is 0. The first-order valence-electron chi connectivity index (χ1n) is 6.68. The monoisotopic (exact) mass is 268 g/mol. The summed E-state index contributed by atoms with van der Waals surface area (Å²) in [7, 11) is 0. The van der Waals surface area contributed by atoms with Crippen LogP contribution < -0.4 is 4.74 Å². The highest BCUT2D eigenvalue weighted by molar-refractivity contribution is 5.68. The summed E-state index contributed by atoms with van der Waals surface area (Å²) in [4.78, 5) is 8.58. The molecule has 1 aromatic carbocycles. The Hall–Kier alpha value is -2.36. The van der Waals surface area contributed by atoms with Crippen LogP contribution in [0.3, 0.4) is 0 Å². The molecule has 0 bridgehead atoms. The van der Waals surface area contributed by atoms with Crippen molar-refractivity contribution in [2.24, 2.45) is 0 Å². The van der Waals surface area contributed by atoms with Gasteiger partial charge in [0, 0.05) is 6.20 Å². The molecule has 102 valence electrons. The van der Waals surface area contributed by atoms with Crippen molar-refractivity contribution in [3.05, 3.63) is 53.5 Å². The summed E-state index contributed by atoms with van der Waals surface area (Å²) in [6.07, 6.45) is 2.76. The van der Waals surface area contributed by atoms with E-state index < -0.39 is 0 Å². The number of nitrogens with zero attached hydrogens (tertiary/aromatic N) is 2. The van der Waals surface area contributed by atoms with E-state index in [1.807, 2.05) is 31.2 Å². The van der Waals surface area contributed by atoms with Crippen molar-refractivity contribution in [1.29, 1.82) is 0 Å².